The Morgan fingerprint density at radius 3 is 2.50 bits per heavy atom. The molecule has 1 aliphatic rings. The second-order valence-corrected chi connectivity index (χ2v) is 6.29. The molecule has 3 heteroatoms. The molecule has 0 N–H and O–H groups in total. The van der Waals surface area contributed by atoms with Crippen LogP contribution in [0.2, 0.25) is 0 Å². The molecule has 0 aromatic heterocycles. The molecule has 0 saturated heterocycles. The summed E-state index contributed by atoms with van der Waals surface area (Å²) in [5.74, 6) is 1.04. The zero-order valence-electron chi connectivity index (χ0n) is 14.3. The van der Waals surface area contributed by atoms with Gasteiger partial charge in [-0.1, -0.05) is 48.5 Å². The van der Waals surface area contributed by atoms with E-state index in [-0.39, 0.29) is 0 Å². The standard InChI is InChI=1S/C21H27NO2/c1-2-8-19(9-3-1)18-22-13-16-23-15-7-6-11-20-10-4-5-12-21(20)24-17-14-22/h1-5,8-10,12H,6-7,11,13-18H2. The first-order chi connectivity index (χ1) is 11.9. The van der Waals surface area contributed by atoms with E-state index in [1.807, 2.05) is 0 Å². The first-order valence-electron chi connectivity index (χ1n) is 8.96. The van der Waals surface area contributed by atoms with Crippen LogP contribution in [0.5, 0.6) is 5.75 Å². The van der Waals surface area contributed by atoms with Crippen LogP contribution in [0.4, 0.5) is 0 Å². The molecular weight excluding hydrogens is 298 g/mol. The number of hydrogen-bond donors (Lipinski definition) is 0. The second-order valence-electron chi connectivity index (χ2n) is 6.29. The molecule has 0 atom stereocenters. The molecule has 128 valence electrons. The Morgan fingerprint density at radius 2 is 1.58 bits per heavy atom. The van der Waals surface area contributed by atoms with Gasteiger partial charge in [-0.2, -0.15) is 0 Å². The number of rotatable bonds is 2. The van der Waals surface area contributed by atoms with Gasteiger partial charge in [0.25, 0.3) is 0 Å². The van der Waals surface area contributed by atoms with Crippen molar-refractivity contribution in [3.8, 4) is 5.75 Å². The van der Waals surface area contributed by atoms with Crippen molar-refractivity contribution in [3.05, 3.63) is 65.7 Å². The molecule has 2 aromatic carbocycles. The summed E-state index contributed by atoms with van der Waals surface area (Å²) in [5.41, 5.74) is 2.65. The lowest BCUT2D eigenvalue weighted by Crippen LogP contribution is -2.31. The highest BCUT2D eigenvalue weighted by molar-refractivity contribution is 5.33. The Balaban J connectivity index is 1.63. The largest absolute Gasteiger partial charge is 0.492 e. The van der Waals surface area contributed by atoms with E-state index in [1.54, 1.807) is 0 Å². The molecule has 0 bridgehead atoms. The monoisotopic (exact) mass is 325 g/mol. The van der Waals surface area contributed by atoms with E-state index in [2.05, 4.69) is 59.5 Å². The van der Waals surface area contributed by atoms with Crippen LogP contribution in [0.3, 0.4) is 0 Å². The van der Waals surface area contributed by atoms with Crippen molar-refractivity contribution in [2.24, 2.45) is 0 Å². The molecule has 0 unspecified atom stereocenters. The zero-order chi connectivity index (χ0) is 16.5. The van der Waals surface area contributed by atoms with Crippen LogP contribution >= 0.6 is 0 Å². The van der Waals surface area contributed by atoms with Gasteiger partial charge in [-0.15, -0.1) is 0 Å². The molecule has 0 amide bonds. The zero-order valence-corrected chi connectivity index (χ0v) is 14.3. The highest BCUT2D eigenvalue weighted by Crippen LogP contribution is 2.20. The fourth-order valence-corrected chi connectivity index (χ4v) is 3.06. The SMILES string of the molecule is c1ccc(CN2CCOCCCCc3ccccc3OCC2)cc1. The summed E-state index contributed by atoms with van der Waals surface area (Å²) in [4.78, 5) is 2.41. The van der Waals surface area contributed by atoms with Crippen molar-refractivity contribution in [2.45, 2.75) is 25.8 Å². The number of benzene rings is 2. The van der Waals surface area contributed by atoms with Gasteiger partial charge in [-0.3, -0.25) is 4.90 Å². The highest BCUT2D eigenvalue weighted by atomic mass is 16.5. The summed E-state index contributed by atoms with van der Waals surface area (Å²) in [5, 5.41) is 0. The fourth-order valence-electron chi connectivity index (χ4n) is 3.06. The lowest BCUT2D eigenvalue weighted by Gasteiger charge is -2.22. The molecular formula is C21H27NO2. The average molecular weight is 325 g/mol. The molecule has 3 nitrogen and oxygen atoms in total. The van der Waals surface area contributed by atoms with E-state index in [1.165, 1.54) is 11.1 Å². The van der Waals surface area contributed by atoms with E-state index in [9.17, 15) is 0 Å². The normalized spacial score (nSPS) is 17.7. The Morgan fingerprint density at radius 1 is 0.792 bits per heavy atom. The van der Waals surface area contributed by atoms with Crippen LogP contribution in [0.1, 0.15) is 24.0 Å². The van der Waals surface area contributed by atoms with Crippen LogP contribution in [-0.2, 0) is 17.7 Å². The minimum absolute atomic E-state index is 0.712. The summed E-state index contributed by atoms with van der Waals surface area (Å²) < 4.78 is 11.9. The molecule has 24 heavy (non-hydrogen) atoms. The summed E-state index contributed by atoms with van der Waals surface area (Å²) in [7, 11) is 0. The molecule has 0 fully saturated rings. The van der Waals surface area contributed by atoms with E-state index in [4.69, 9.17) is 9.47 Å². The van der Waals surface area contributed by atoms with Gasteiger partial charge in [0.05, 0.1) is 6.61 Å². The third kappa shape index (κ3) is 5.36. The second kappa shape index (κ2) is 9.45. The lowest BCUT2D eigenvalue weighted by molar-refractivity contribution is 0.0934. The fraction of sp³-hybridized carbons (Fsp3) is 0.429. The first kappa shape index (κ1) is 17.0. The van der Waals surface area contributed by atoms with Gasteiger partial charge >= 0.3 is 0 Å². The van der Waals surface area contributed by atoms with Gasteiger partial charge in [-0.25, -0.2) is 0 Å². The maximum absolute atomic E-state index is 6.09. The van der Waals surface area contributed by atoms with Gasteiger partial charge in [-0.05, 0) is 36.5 Å². The minimum Gasteiger partial charge on any atom is -0.492 e. The van der Waals surface area contributed by atoms with E-state index in [0.717, 1.165) is 57.9 Å². The highest BCUT2D eigenvalue weighted by Gasteiger charge is 2.09. The van der Waals surface area contributed by atoms with E-state index in [0.29, 0.717) is 6.61 Å². The van der Waals surface area contributed by atoms with E-state index < -0.39 is 0 Å². The Labute approximate surface area is 145 Å². The number of aryl methyl sites for hydroxylation is 1. The quantitative estimate of drug-likeness (QED) is 0.835. The predicted octanol–water partition coefficient (Wildman–Crippen LogP) is 3.92. The number of ether oxygens (including phenoxy) is 2. The predicted molar refractivity (Wildman–Crippen MR) is 97.4 cm³/mol. The Hall–Kier alpha value is -1.84. The average Bonchev–Trinajstić information content (AvgIpc) is 2.64. The van der Waals surface area contributed by atoms with Crippen LogP contribution in [-0.4, -0.2) is 37.8 Å². The molecule has 0 spiro atoms. The maximum atomic E-state index is 6.09. The Bertz CT molecular complexity index is 600. The van der Waals surface area contributed by atoms with Gasteiger partial charge in [0.15, 0.2) is 0 Å². The molecule has 0 saturated carbocycles. The molecule has 0 aliphatic carbocycles. The molecule has 1 heterocycles. The minimum atomic E-state index is 0.712. The third-order valence-corrected chi connectivity index (χ3v) is 4.42. The van der Waals surface area contributed by atoms with Crippen molar-refractivity contribution in [3.63, 3.8) is 0 Å². The molecule has 1 aliphatic heterocycles. The van der Waals surface area contributed by atoms with Crippen LogP contribution in [0.15, 0.2) is 54.6 Å². The molecule has 3 rings (SSSR count). The number of para-hydroxylation sites is 1. The maximum Gasteiger partial charge on any atom is 0.122 e. The number of nitrogens with zero attached hydrogens (tertiary/aromatic N) is 1. The van der Waals surface area contributed by atoms with Gasteiger partial charge in [0, 0.05) is 26.2 Å². The molecule has 2 aromatic rings. The number of hydrogen-bond acceptors (Lipinski definition) is 3. The van der Waals surface area contributed by atoms with Crippen LogP contribution in [0.25, 0.3) is 0 Å². The summed E-state index contributed by atoms with van der Waals surface area (Å²) >= 11 is 0. The summed E-state index contributed by atoms with van der Waals surface area (Å²) in [6.45, 7) is 5.15. The van der Waals surface area contributed by atoms with Crippen molar-refractivity contribution < 1.29 is 9.47 Å². The lowest BCUT2D eigenvalue weighted by atomic mass is 10.1. The van der Waals surface area contributed by atoms with Crippen molar-refractivity contribution >= 4 is 0 Å². The van der Waals surface area contributed by atoms with Crippen molar-refractivity contribution in [2.75, 3.05) is 32.9 Å². The first-order valence-corrected chi connectivity index (χ1v) is 8.96. The number of fused-ring (bicyclic) bond motifs is 1. The van der Waals surface area contributed by atoms with Crippen LogP contribution < -0.4 is 4.74 Å². The third-order valence-electron chi connectivity index (χ3n) is 4.42. The Kier molecular flexibility index (Phi) is 6.70. The van der Waals surface area contributed by atoms with Gasteiger partial charge in [0.1, 0.15) is 12.4 Å². The van der Waals surface area contributed by atoms with Gasteiger partial charge in [0.2, 0.25) is 0 Å². The summed E-state index contributed by atoms with van der Waals surface area (Å²) in [6, 6.07) is 19.0. The summed E-state index contributed by atoms with van der Waals surface area (Å²) in [6.07, 6.45) is 3.31. The van der Waals surface area contributed by atoms with Crippen molar-refractivity contribution in [1.82, 2.24) is 4.90 Å². The smallest absolute Gasteiger partial charge is 0.122 e. The van der Waals surface area contributed by atoms with Gasteiger partial charge < -0.3 is 9.47 Å². The van der Waals surface area contributed by atoms with Crippen molar-refractivity contribution in [1.29, 1.82) is 0 Å². The van der Waals surface area contributed by atoms with E-state index >= 15 is 0 Å². The topological polar surface area (TPSA) is 21.7 Å². The molecule has 0 radical (unpaired) electrons. The van der Waals surface area contributed by atoms with Crippen LogP contribution in [0, 0.1) is 0 Å².